The van der Waals surface area contributed by atoms with Gasteiger partial charge in [-0.2, -0.15) is 0 Å². The predicted molar refractivity (Wildman–Crippen MR) is 121 cm³/mol. The van der Waals surface area contributed by atoms with Crippen molar-refractivity contribution in [2.45, 2.75) is 38.9 Å². The van der Waals surface area contributed by atoms with Gasteiger partial charge in [-0.3, -0.25) is 9.38 Å². The maximum Gasteiger partial charge on any atom is 0.514 e. The van der Waals surface area contributed by atoms with Gasteiger partial charge in [-0.05, 0) is 52.0 Å². The Hall–Kier alpha value is -2.96. The van der Waals surface area contributed by atoms with Crippen molar-refractivity contribution in [2.24, 2.45) is 0 Å². The highest BCUT2D eigenvalue weighted by Gasteiger charge is 2.52. The predicted octanol–water partition coefficient (Wildman–Crippen LogP) is 4.49. The summed E-state index contributed by atoms with van der Waals surface area (Å²) in [7, 11) is -0.504. The molecule has 5 nitrogen and oxygen atoms in total. The second kappa shape index (κ2) is 5.81. The first-order valence-corrected chi connectivity index (χ1v) is 10.3. The number of benzene rings is 2. The molecule has 6 heteroatoms. The Morgan fingerprint density at radius 3 is 2.23 bits per heavy atom. The fraction of sp³-hybridized carbons (Fsp3) is 0.250. The van der Waals surface area contributed by atoms with Crippen LogP contribution in [0.2, 0.25) is 0 Å². The van der Waals surface area contributed by atoms with Gasteiger partial charge in [0.1, 0.15) is 5.65 Å². The third-order valence-corrected chi connectivity index (χ3v) is 6.66. The summed E-state index contributed by atoms with van der Waals surface area (Å²) in [6, 6.07) is 18.7. The van der Waals surface area contributed by atoms with Crippen LogP contribution in [-0.2, 0) is 9.31 Å². The molecule has 1 aliphatic heterocycles. The number of rotatable bonds is 1. The minimum absolute atomic E-state index is 0.408. The van der Waals surface area contributed by atoms with Crippen LogP contribution in [0.25, 0.3) is 38.4 Å². The highest BCUT2D eigenvalue weighted by Crippen LogP contribution is 2.37. The van der Waals surface area contributed by atoms with Crippen molar-refractivity contribution in [1.29, 1.82) is 0 Å². The Morgan fingerprint density at radius 2 is 1.47 bits per heavy atom. The maximum atomic E-state index is 6.25. The van der Waals surface area contributed by atoms with Gasteiger partial charge in [-0.1, -0.05) is 30.3 Å². The lowest BCUT2D eigenvalue weighted by atomic mass is 9.83. The van der Waals surface area contributed by atoms with Gasteiger partial charge in [0, 0.05) is 22.4 Å². The van der Waals surface area contributed by atoms with Gasteiger partial charge in [-0.25, -0.2) is 4.98 Å². The molecule has 1 saturated heterocycles. The average Bonchev–Trinajstić information content (AvgIpc) is 3.22. The Balaban J connectivity index is 1.68. The number of aromatic nitrogens is 3. The Morgan fingerprint density at radius 1 is 0.800 bits per heavy atom. The average molecular weight is 395 g/mol. The molecule has 0 N–H and O–H groups in total. The first-order valence-electron chi connectivity index (χ1n) is 10.3. The standard InChI is InChI=1S/C24H22BN3O2/c1-23(2)24(3,4)30-25(29-23)21-13-16-17(14-26-21)15-9-5-7-11-19(15)28-20-12-8-6-10-18(20)27-22(16)28/h5-14H,1-4H3. The molecule has 4 heterocycles. The number of imidazole rings is 1. The summed E-state index contributed by atoms with van der Waals surface area (Å²) >= 11 is 0. The van der Waals surface area contributed by atoms with Gasteiger partial charge >= 0.3 is 7.12 Å². The van der Waals surface area contributed by atoms with Gasteiger partial charge in [0.15, 0.2) is 0 Å². The molecule has 30 heavy (non-hydrogen) atoms. The molecule has 0 atom stereocenters. The van der Waals surface area contributed by atoms with E-state index >= 15 is 0 Å². The number of pyridine rings is 2. The third kappa shape index (κ3) is 2.32. The van der Waals surface area contributed by atoms with E-state index in [-0.39, 0.29) is 0 Å². The summed E-state index contributed by atoms with van der Waals surface area (Å²) in [5.41, 5.74) is 4.07. The minimum atomic E-state index is -0.504. The molecule has 1 fully saturated rings. The lowest BCUT2D eigenvalue weighted by Crippen LogP contribution is -2.41. The molecule has 0 unspecified atom stereocenters. The Kier molecular flexibility index (Phi) is 3.46. The van der Waals surface area contributed by atoms with Crippen LogP contribution in [0.15, 0.2) is 60.8 Å². The van der Waals surface area contributed by atoms with E-state index in [1.807, 2.05) is 12.3 Å². The van der Waals surface area contributed by atoms with Crippen molar-refractivity contribution in [3.8, 4) is 0 Å². The lowest BCUT2D eigenvalue weighted by Gasteiger charge is -2.32. The first kappa shape index (κ1) is 17.9. The minimum Gasteiger partial charge on any atom is -0.398 e. The number of hydrogen-bond acceptors (Lipinski definition) is 4. The van der Waals surface area contributed by atoms with Crippen molar-refractivity contribution in [3.05, 3.63) is 60.8 Å². The Labute approximate surface area is 174 Å². The van der Waals surface area contributed by atoms with E-state index in [0.29, 0.717) is 0 Å². The molecule has 6 rings (SSSR count). The number of hydrogen-bond donors (Lipinski definition) is 0. The van der Waals surface area contributed by atoms with Gasteiger partial charge in [0.2, 0.25) is 0 Å². The van der Waals surface area contributed by atoms with Crippen LogP contribution in [0.5, 0.6) is 0 Å². The molecular formula is C24H22BN3O2. The monoisotopic (exact) mass is 395 g/mol. The molecule has 0 saturated carbocycles. The van der Waals surface area contributed by atoms with E-state index in [0.717, 1.165) is 43.9 Å². The molecular weight excluding hydrogens is 373 g/mol. The Bertz CT molecular complexity index is 1460. The summed E-state index contributed by atoms with van der Waals surface area (Å²) in [6.45, 7) is 8.23. The van der Waals surface area contributed by atoms with Crippen LogP contribution in [0.3, 0.4) is 0 Å². The topological polar surface area (TPSA) is 48.7 Å². The molecule has 5 aromatic rings. The molecule has 0 spiro atoms. The van der Waals surface area contributed by atoms with Crippen molar-refractivity contribution in [3.63, 3.8) is 0 Å². The van der Waals surface area contributed by atoms with Crippen LogP contribution < -0.4 is 5.59 Å². The van der Waals surface area contributed by atoms with Gasteiger partial charge in [-0.15, -0.1) is 0 Å². The highest BCUT2D eigenvalue weighted by molar-refractivity contribution is 6.61. The van der Waals surface area contributed by atoms with Crippen molar-refractivity contribution >= 4 is 51.1 Å². The SMILES string of the molecule is CC1(C)OB(c2cc3c(cn2)c2ccccc2n2c4ccccc4nc32)OC1(C)C. The van der Waals surface area contributed by atoms with E-state index in [4.69, 9.17) is 19.3 Å². The zero-order valence-electron chi connectivity index (χ0n) is 17.5. The van der Waals surface area contributed by atoms with Crippen molar-refractivity contribution in [2.75, 3.05) is 0 Å². The largest absolute Gasteiger partial charge is 0.514 e. The van der Waals surface area contributed by atoms with Crippen LogP contribution in [0.4, 0.5) is 0 Å². The van der Waals surface area contributed by atoms with Crippen LogP contribution in [-0.4, -0.2) is 32.7 Å². The van der Waals surface area contributed by atoms with Crippen molar-refractivity contribution in [1.82, 2.24) is 14.4 Å². The fourth-order valence-corrected chi connectivity index (χ4v) is 4.31. The van der Waals surface area contributed by atoms with Gasteiger partial charge in [0.05, 0.1) is 33.3 Å². The van der Waals surface area contributed by atoms with Gasteiger partial charge < -0.3 is 9.31 Å². The number of nitrogens with zero attached hydrogens (tertiary/aromatic N) is 3. The second-order valence-electron chi connectivity index (χ2n) is 9.02. The zero-order valence-corrected chi connectivity index (χ0v) is 17.5. The first-order chi connectivity index (χ1) is 14.4. The molecule has 2 aromatic carbocycles. The molecule has 1 aliphatic rings. The lowest BCUT2D eigenvalue weighted by molar-refractivity contribution is 0.00578. The van der Waals surface area contributed by atoms with Crippen LogP contribution in [0.1, 0.15) is 27.7 Å². The molecule has 0 bridgehead atoms. The van der Waals surface area contributed by atoms with Crippen LogP contribution in [0, 0.1) is 0 Å². The van der Waals surface area contributed by atoms with Crippen molar-refractivity contribution < 1.29 is 9.31 Å². The van der Waals surface area contributed by atoms with Crippen LogP contribution >= 0.6 is 0 Å². The number of fused-ring (bicyclic) bond motifs is 8. The smallest absolute Gasteiger partial charge is 0.398 e. The summed E-state index contributed by atoms with van der Waals surface area (Å²) in [4.78, 5) is 9.72. The summed E-state index contributed by atoms with van der Waals surface area (Å²) in [5.74, 6) is 0. The quantitative estimate of drug-likeness (QED) is 0.310. The summed E-state index contributed by atoms with van der Waals surface area (Å²) < 4.78 is 14.7. The summed E-state index contributed by atoms with van der Waals surface area (Å²) in [6.07, 6.45) is 1.93. The maximum absolute atomic E-state index is 6.25. The van der Waals surface area contributed by atoms with E-state index in [1.165, 1.54) is 0 Å². The second-order valence-corrected chi connectivity index (χ2v) is 9.02. The van der Waals surface area contributed by atoms with E-state index in [9.17, 15) is 0 Å². The zero-order chi connectivity index (χ0) is 20.7. The van der Waals surface area contributed by atoms with E-state index < -0.39 is 18.3 Å². The van der Waals surface area contributed by atoms with E-state index in [1.54, 1.807) is 0 Å². The molecule has 0 aliphatic carbocycles. The molecule has 0 amide bonds. The highest BCUT2D eigenvalue weighted by atomic mass is 16.7. The number of para-hydroxylation sites is 3. The molecule has 3 aromatic heterocycles. The van der Waals surface area contributed by atoms with Gasteiger partial charge in [0.25, 0.3) is 0 Å². The fourth-order valence-electron chi connectivity index (χ4n) is 4.31. The van der Waals surface area contributed by atoms with E-state index in [2.05, 4.69) is 80.6 Å². The molecule has 148 valence electrons. The third-order valence-electron chi connectivity index (χ3n) is 6.66. The summed E-state index contributed by atoms with van der Waals surface area (Å²) in [5, 5.41) is 3.27. The molecule has 0 radical (unpaired) electrons. The normalized spacial score (nSPS) is 18.2.